The highest BCUT2D eigenvalue weighted by Gasteiger charge is 2.38. The zero-order chi connectivity index (χ0) is 10.0. The smallest absolute Gasteiger partial charge is 0.287 e. The molecule has 1 fully saturated rings. The molecule has 0 aromatic carbocycles. The first-order valence-corrected chi connectivity index (χ1v) is 6.08. The molecule has 0 aromatic rings. The van der Waals surface area contributed by atoms with Crippen LogP contribution >= 0.6 is 7.82 Å². The quantitative estimate of drug-likeness (QED) is 0.498. The Morgan fingerprint density at radius 1 is 1.50 bits per heavy atom. The molecule has 2 bridgehead atoms. The maximum absolute atomic E-state index is 11.9. The molecule has 1 saturated heterocycles. The van der Waals surface area contributed by atoms with E-state index in [1.165, 1.54) is 0 Å². The van der Waals surface area contributed by atoms with E-state index >= 15 is 0 Å². The Morgan fingerprint density at radius 2 is 2.36 bits per heavy atom. The van der Waals surface area contributed by atoms with Crippen molar-refractivity contribution in [3.8, 4) is 0 Å². The average Bonchev–Trinajstić information content (AvgIpc) is 2.14. The SMILES string of the molecule is C=C[C@H]1C[C@H]2C=CCCOP(=O)(O2)O1. The predicted molar refractivity (Wildman–Crippen MR) is 51.9 cm³/mol. The first kappa shape index (κ1) is 10.1. The third kappa shape index (κ3) is 2.15. The van der Waals surface area contributed by atoms with Crippen LogP contribution in [0.3, 0.4) is 0 Å². The molecule has 0 spiro atoms. The van der Waals surface area contributed by atoms with Gasteiger partial charge in [0.2, 0.25) is 0 Å². The number of fused-ring (bicyclic) bond motifs is 2. The molecule has 5 heteroatoms. The van der Waals surface area contributed by atoms with Gasteiger partial charge in [0.1, 0.15) is 0 Å². The summed E-state index contributed by atoms with van der Waals surface area (Å²) in [6.45, 7) is 3.98. The second-order valence-electron chi connectivity index (χ2n) is 3.26. The van der Waals surface area contributed by atoms with Crippen molar-refractivity contribution in [3.05, 3.63) is 24.8 Å². The Hall–Kier alpha value is -0.410. The summed E-state index contributed by atoms with van der Waals surface area (Å²) in [5.74, 6) is 0. The summed E-state index contributed by atoms with van der Waals surface area (Å²) in [4.78, 5) is 0. The molecule has 0 saturated carbocycles. The summed E-state index contributed by atoms with van der Waals surface area (Å²) in [6.07, 6.45) is 6.47. The third-order valence-electron chi connectivity index (χ3n) is 2.14. The molecular weight excluding hydrogens is 203 g/mol. The van der Waals surface area contributed by atoms with Gasteiger partial charge in [0.05, 0.1) is 18.8 Å². The van der Waals surface area contributed by atoms with Gasteiger partial charge < -0.3 is 0 Å². The van der Waals surface area contributed by atoms with E-state index in [9.17, 15) is 4.57 Å². The minimum absolute atomic E-state index is 0.183. The Bertz CT molecular complexity index is 299. The average molecular weight is 216 g/mol. The lowest BCUT2D eigenvalue weighted by molar-refractivity contribution is 0.0207. The summed E-state index contributed by atoms with van der Waals surface area (Å²) in [7, 11) is -3.33. The van der Waals surface area contributed by atoms with Crippen LogP contribution in [0.25, 0.3) is 0 Å². The third-order valence-corrected chi connectivity index (χ3v) is 3.70. The van der Waals surface area contributed by atoms with Crippen LogP contribution in [0.15, 0.2) is 24.8 Å². The van der Waals surface area contributed by atoms with Gasteiger partial charge in [-0.1, -0.05) is 18.2 Å². The molecule has 2 aliphatic heterocycles. The van der Waals surface area contributed by atoms with Crippen LogP contribution in [0, 0.1) is 0 Å². The van der Waals surface area contributed by atoms with E-state index in [0.29, 0.717) is 13.0 Å². The lowest BCUT2D eigenvalue weighted by atomic mass is 10.1. The summed E-state index contributed by atoms with van der Waals surface area (Å²) < 4.78 is 27.4. The Balaban J connectivity index is 2.20. The van der Waals surface area contributed by atoms with Crippen LogP contribution in [-0.2, 0) is 18.1 Å². The van der Waals surface area contributed by atoms with Crippen molar-refractivity contribution in [2.75, 3.05) is 6.61 Å². The van der Waals surface area contributed by atoms with Crippen LogP contribution in [0.4, 0.5) is 0 Å². The fourth-order valence-corrected chi connectivity index (χ4v) is 2.96. The van der Waals surface area contributed by atoms with E-state index in [1.54, 1.807) is 6.08 Å². The van der Waals surface area contributed by atoms with Crippen LogP contribution < -0.4 is 0 Å². The van der Waals surface area contributed by atoms with Crippen molar-refractivity contribution in [1.29, 1.82) is 0 Å². The molecule has 4 nitrogen and oxygen atoms in total. The summed E-state index contributed by atoms with van der Waals surface area (Å²) in [6, 6.07) is 0. The molecule has 1 unspecified atom stereocenters. The largest absolute Gasteiger partial charge is 0.475 e. The standard InChI is InChI=1S/C9H13O4P/c1-2-8-7-9-5-3-4-6-11-14(10,12-8)13-9/h2-3,5,8-9H,1,4,6-7H2/t8-,9+,14?/m0/s1. The van der Waals surface area contributed by atoms with Crippen molar-refractivity contribution in [2.24, 2.45) is 0 Å². The van der Waals surface area contributed by atoms with Gasteiger partial charge in [-0.25, -0.2) is 4.57 Å². The topological polar surface area (TPSA) is 44.8 Å². The molecule has 14 heavy (non-hydrogen) atoms. The zero-order valence-electron chi connectivity index (χ0n) is 7.80. The van der Waals surface area contributed by atoms with Crippen molar-refractivity contribution in [1.82, 2.24) is 0 Å². The lowest BCUT2D eigenvalue weighted by Gasteiger charge is -2.32. The molecule has 2 rings (SSSR count). The maximum atomic E-state index is 11.9. The molecule has 3 atom stereocenters. The molecular formula is C9H13O4P. The van der Waals surface area contributed by atoms with Gasteiger partial charge >= 0.3 is 7.82 Å². The fraction of sp³-hybridized carbons (Fsp3) is 0.556. The highest BCUT2D eigenvalue weighted by atomic mass is 31.2. The molecule has 0 aromatic heterocycles. The number of phosphoric ester groups is 1. The van der Waals surface area contributed by atoms with Gasteiger partial charge in [0.25, 0.3) is 0 Å². The van der Waals surface area contributed by atoms with Gasteiger partial charge in [-0.05, 0) is 6.42 Å². The first-order valence-electron chi connectivity index (χ1n) is 4.62. The fourth-order valence-electron chi connectivity index (χ4n) is 1.47. The van der Waals surface area contributed by atoms with Crippen LogP contribution in [-0.4, -0.2) is 18.8 Å². The van der Waals surface area contributed by atoms with E-state index in [-0.39, 0.29) is 12.2 Å². The first-order chi connectivity index (χ1) is 6.72. The summed E-state index contributed by atoms with van der Waals surface area (Å²) >= 11 is 0. The number of hydrogen-bond donors (Lipinski definition) is 0. The highest BCUT2D eigenvalue weighted by Crippen LogP contribution is 2.56. The Kier molecular flexibility index (Phi) is 2.88. The second kappa shape index (κ2) is 3.99. The van der Waals surface area contributed by atoms with Crippen molar-refractivity contribution < 1.29 is 18.1 Å². The number of phosphoric acid groups is 1. The zero-order valence-corrected chi connectivity index (χ0v) is 8.69. The molecule has 0 amide bonds. The van der Waals surface area contributed by atoms with Gasteiger partial charge in [0, 0.05) is 6.42 Å². The minimum atomic E-state index is -3.33. The van der Waals surface area contributed by atoms with E-state index in [2.05, 4.69) is 6.58 Å². The minimum Gasteiger partial charge on any atom is -0.287 e. The second-order valence-corrected chi connectivity index (χ2v) is 4.83. The van der Waals surface area contributed by atoms with E-state index in [4.69, 9.17) is 13.6 Å². The van der Waals surface area contributed by atoms with Gasteiger partial charge in [0.15, 0.2) is 0 Å². The maximum Gasteiger partial charge on any atom is 0.475 e. The molecule has 2 heterocycles. The molecule has 0 radical (unpaired) electrons. The van der Waals surface area contributed by atoms with Crippen LogP contribution in [0.5, 0.6) is 0 Å². The van der Waals surface area contributed by atoms with E-state index in [1.807, 2.05) is 12.2 Å². The monoisotopic (exact) mass is 216 g/mol. The van der Waals surface area contributed by atoms with Gasteiger partial charge in [-0.15, -0.1) is 6.58 Å². The normalized spacial score (nSPS) is 42.6. The van der Waals surface area contributed by atoms with E-state index < -0.39 is 7.82 Å². The lowest BCUT2D eigenvalue weighted by Crippen LogP contribution is -2.27. The Labute approximate surface area is 83.2 Å². The van der Waals surface area contributed by atoms with Crippen molar-refractivity contribution >= 4 is 7.82 Å². The van der Waals surface area contributed by atoms with Crippen molar-refractivity contribution in [2.45, 2.75) is 25.0 Å². The number of rotatable bonds is 1. The molecule has 78 valence electrons. The number of hydrogen-bond acceptors (Lipinski definition) is 4. The Morgan fingerprint density at radius 3 is 3.14 bits per heavy atom. The summed E-state index contributed by atoms with van der Waals surface area (Å²) in [5, 5.41) is 0. The van der Waals surface area contributed by atoms with Gasteiger partial charge in [-0.2, -0.15) is 0 Å². The van der Waals surface area contributed by atoms with Crippen molar-refractivity contribution in [3.63, 3.8) is 0 Å². The summed E-state index contributed by atoms with van der Waals surface area (Å²) in [5.41, 5.74) is 0. The van der Waals surface area contributed by atoms with Crippen LogP contribution in [0.1, 0.15) is 12.8 Å². The van der Waals surface area contributed by atoms with Crippen LogP contribution in [0.2, 0.25) is 0 Å². The molecule has 0 N–H and O–H groups in total. The molecule has 0 aliphatic carbocycles. The molecule has 2 aliphatic rings. The van der Waals surface area contributed by atoms with Gasteiger partial charge in [-0.3, -0.25) is 13.6 Å². The highest BCUT2D eigenvalue weighted by molar-refractivity contribution is 7.48. The van der Waals surface area contributed by atoms with E-state index in [0.717, 1.165) is 6.42 Å². The predicted octanol–water partition coefficient (Wildman–Crippen LogP) is 2.43.